The van der Waals surface area contributed by atoms with E-state index in [0.29, 0.717) is 5.82 Å². The molecule has 0 amide bonds. The Morgan fingerprint density at radius 1 is 0.833 bits per heavy atom. The number of fused-ring (bicyclic) bond motifs is 5. The van der Waals surface area contributed by atoms with E-state index in [2.05, 4.69) is 77.0 Å². The van der Waals surface area contributed by atoms with Crippen LogP contribution < -0.4 is 0 Å². The minimum atomic E-state index is -0.0260. The number of aromatic nitrogens is 4. The highest BCUT2D eigenvalue weighted by atomic mass is 15.1. The predicted octanol–water partition coefficient (Wildman–Crippen LogP) is 5.79. The van der Waals surface area contributed by atoms with Gasteiger partial charge in [0.05, 0.1) is 5.52 Å². The monoisotopic (exact) mass is 388 g/mol. The molecular formula is C26H20N4. The van der Waals surface area contributed by atoms with E-state index in [0.717, 1.165) is 11.4 Å². The predicted molar refractivity (Wildman–Crippen MR) is 120 cm³/mol. The van der Waals surface area contributed by atoms with Crippen LogP contribution in [0.1, 0.15) is 25.0 Å². The number of benzene rings is 2. The zero-order chi connectivity index (χ0) is 20.3. The largest absolute Gasteiger partial charge is 0.300 e. The Bertz CT molecular complexity index is 1410. The molecular weight excluding hydrogens is 368 g/mol. The molecule has 5 aromatic rings. The second-order valence-electron chi connectivity index (χ2n) is 8.26. The summed E-state index contributed by atoms with van der Waals surface area (Å²) in [6.07, 6.45) is 7.48. The van der Waals surface area contributed by atoms with Gasteiger partial charge in [-0.15, -0.1) is 0 Å². The van der Waals surface area contributed by atoms with Gasteiger partial charge in [0.1, 0.15) is 5.82 Å². The van der Waals surface area contributed by atoms with Crippen molar-refractivity contribution in [1.82, 2.24) is 19.5 Å². The van der Waals surface area contributed by atoms with Crippen LogP contribution in [0, 0.1) is 0 Å². The Balaban J connectivity index is 1.63. The topological polar surface area (TPSA) is 43.6 Å². The molecule has 0 N–H and O–H groups in total. The average molecular weight is 388 g/mol. The zero-order valence-electron chi connectivity index (χ0n) is 16.9. The normalized spacial score (nSPS) is 13.9. The van der Waals surface area contributed by atoms with Gasteiger partial charge in [-0.05, 0) is 41.0 Å². The van der Waals surface area contributed by atoms with Crippen LogP contribution in [0.15, 0.2) is 85.5 Å². The quantitative estimate of drug-likeness (QED) is 0.384. The third kappa shape index (κ3) is 2.31. The fourth-order valence-corrected chi connectivity index (χ4v) is 4.72. The molecule has 0 spiro atoms. The summed E-state index contributed by atoms with van der Waals surface area (Å²) < 4.78 is 2.19. The molecule has 0 saturated heterocycles. The molecule has 0 radical (unpaired) electrons. The van der Waals surface area contributed by atoms with Crippen LogP contribution in [0.3, 0.4) is 0 Å². The van der Waals surface area contributed by atoms with Crippen LogP contribution in [0.25, 0.3) is 39.2 Å². The zero-order valence-corrected chi connectivity index (χ0v) is 16.9. The second-order valence-corrected chi connectivity index (χ2v) is 8.26. The molecule has 2 aromatic carbocycles. The molecule has 30 heavy (non-hydrogen) atoms. The van der Waals surface area contributed by atoms with Crippen molar-refractivity contribution in [2.75, 3.05) is 0 Å². The third-order valence-corrected chi connectivity index (χ3v) is 6.20. The van der Waals surface area contributed by atoms with E-state index in [1.54, 1.807) is 12.4 Å². The van der Waals surface area contributed by atoms with E-state index < -0.39 is 0 Å². The van der Waals surface area contributed by atoms with Gasteiger partial charge >= 0.3 is 0 Å². The van der Waals surface area contributed by atoms with Crippen molar-refractivity contribution >= 4 is 10.9 Å². The van der Waals surface area contributed by atoms with Gasteiger partial charge in [-0.3, -0.25) is 4.98 Å². The lowest BCUT2D eigenvalue weighted by Gasteiger charge is -2.21. The van der Waals surface area contributed by atoms with Gasteiger partial charge in [0.15, 0.2) is 5.82 Å². The van der Waals surface area contributed by atoms with Gasteiger partial charge in [0, 0.05) is 46.7 Å². The molecule has 0 saturated carbocycles. The summed E-state index contributed by atoms with van der Waals surface area (Å²) >= 11 is 0. The van der Waals surface area contributed by atoms with Crippen molar-refractivity contribution in [1.29, 1.82) is 0 Å². The molecule has 0 fully saturated rings. The molecule has 3 aromatic heterocycles. The van der Waals surface area contributed by atoms with Crippen molar-refractivity contribution < 1.29 is 0 Å². The summed E-state index contributed by atoms with van der Waals surface area (Å²) in [5.74, 6) is 1.53. The van der Waals surface area contributed by atoms with Gasteiger partial charge in [0.25, 0.3) is 0 Å². The van der Waals surface area contributed by atoms with E-state index in [1.807, 2.05) is 24.4 Å². The van der Waals surface area contributed by atoms with Crippen LogP contribution in [-0.2, 0) is 5.41 Å². The molecule has 0 aliphatic heterocycles. The standard InChI is InChI=1S/C26H20N4/c1-26(2)20-8-4-3-7-19(20)23-21(26)10-9-17-12-15-30(24(17)23)22-11-14-28-25(29-22)18-6-5-13-27-16-18/h3-16H,1-2H3. The summed E-state index contributed by atoms with van der Waals surface area (Å²) in [5, 5.41) is 1.21. The van der Waals surface area contributed by atoms with E-state index in [9.17, 15) is 0 Å². The molecule has 144 valence electrons. The Kier molecular flexibility index (Phi) is 3.48. The maximum atomic E-state index is 4.87. The lowest BCUT2D eigenvalue weighted by atomic mass is 9.82. The van der Waals surface area contributed by atoms with Crippen LogP contribution in [0.5, 0.6) is 0 Å². The maximum absolute atomic E-state index is 4.87. The molecule has 0 unspecified atom stereocenters. The fraction of sp³-hybridized carbons (Fsp3) is 0.115. The minimum absolute atomic E-state index is 0.0260. The first-order chi connectivity index (χ1) is 14.6. The lowest BCUT2D eigenvalue weighted by Crippen LogP contribution is -2.14. The average Bonchev–Trinajstić information content (AvgIpc) is 3.32. The number of nitrogens with zero attached hydrogens (tertiary/aromatic N) is 4. The SMILES string of the molecule is CC1(C)c2ccccc2-c2c1ccc1ccn(-c3ccnc(-c4cccnc4)n3)c21. The van der Waals surface area contributed by atoms with E-state index in [4.69, 9.17) is 4.98 Å². The van der Waals surface area contributed by atoms with E-state index in [1.165, 1.54) is 33.2 Å². The van der Waals surface area contributed by atoms with Gasteiger partial charge in [-0.2, -0.15) is 0 Å². The lowest BCUT2D eigenvalue weighted by molar-refractivity contribution is 0.661. The highest BCUT2D eigenvalue weighted by Gasteiger charge is 2.36. The number of hydrogen-bond acceptors (Lipinski definition) is 3. The maximum Gasteiger partial charge on any atom is 0.163 e. The van der Waals surface area contributed by atoms with Crippen LogP contribution in [-0.4, -0.2) is 19.5 Å². The molecule has 1 aliphatic rings. The highest BCUT2D eigenvalue weighted by molar-refractivity contribution is 6.01. The molecule has 1 aliphatic carbocycles. The van der Waals surface area contributed by atoms with E-state index in [-0.39, 0.29) is 5.41 Å². The Morgan fingerprint density at radius 3 is 2.60 bits per heavy atom. The smallest absolute Gasteiger partial charge is 0.163 e. The first-order valence-corrected chi connectivity index (χ1v) is 10.1. The Labute approximate surface area is 174 Å². The minimum Gasteiger partial charge on any atom is -0.300 e. The Hall–Kier alpha value is -3.79. The van der Waals surface area contributed by atoms with E-state index >= 15 is 0 Å². The summed E-state index contributed by atoms with van der Waals surface area (Å²) in [5.41, 5.74) is 7.43. The van der Waals surface area contributed by atoms with Gasteiger partial charge in [-0.25, -0.2) is 9.97 Å². The van der Waals surface area contributed by atoms with Gasteiger partial charge in [0.2, 0.25) is 0 Å². The third-order valence-electron chi connectivity index (χ3n) is 6.20. The summed E-state index contributed by atoms with van der Waals surface area (Å²) in [4.78, 5) is 13.5. The molecule has 6 rings (SSSR count). The molecule has 3 heterocycles. The van der Waals surface area contributed by atoms with Crippen LogP contribution in [0.4, 0.5) is 0 Å². The molecule has 0 atom stereocenters. The highest BCUT2D eigenvalue weighted by Crippen LogP contribution is 2.51. The number of rotatable bonds is 2. The number of hydrogen-bond donors (Lipinski definition) is 0. The molecule has 4 heteroatoms. The second kappa shape index (κ2) is 6.10. The summed E-state index contributed by atoms with van der Waals surface area (Å²) in [6.45, 7) is 4.62. The Morgan fingerprint density at radius 2 is 1.73 bits per heavy atom. The van der Waals surface area contributed by atoms with Crippen molar-refractivity contribution in [3.8, 4) is 28.3 Å². The molecule has 4 nitrogen and oxygen atoms in total. The summed E-state index contributed by atoms with van der Waals surface area (Å²) in [6, 6.07) is 21.3. The van der Waals surface area contributed by atoms with Crippen LogP contribution in [0.2, 0.25) is 0 Å². The van der Waals surface area contributed by atoms with Crippen molar-refractivity contribution in [3.63, 3.8) is 0 Å². The van der Waals surface area contributed by atoms with Gasteiger partial charge in [-0.1, -0.05) is 50.2 Å². The van der Waals surface area contributed by atoms with Crippen molar-refractivity contribution in [2.24, 2.45) is 0 Å². The van der Waals surface area contributed by atoms with Crippen molar-refractivity contribution in [2.45, 2.75) is 19.3 Å². The van der Waals surface area contributed by atoms with Crippen molar-refractivity contribution in [3.05, 3.63) is 96.6 Å². The molecule has 0 bridgehead atoms. The first-order valence-electron chi connectivity index (χ1n) is 10.1. The number of pyridine rings is 1. The van der Waals surface area contributed by atoms with Gasteiger partial charge < -0.3 is 4.57 Å². The van der Waals surface area contributed by atoms with Crippen LogP contribution >= 0.6 is 0 Å². The fourth-order valence-electron chi connectivity index (χ4n) is 4.72. The first kappa shape index (κ1) is 17.1. The summed E-state index contributed by atoms with van der Waals surface area (Å²) in [7, 11) is 0.